The third kappa shape index (κ3) is 7.81. The van der Waals surface area contributed by atoms with Crippen molar-refractivity contribution in [2.45, 2.75) is 19.1 Å². The van der Waals surface area contributed by atoms with Crippen molar-refractivity contribution in [1.29, 1.82) is 0 Å². The summed E-state index contributed by atoms with van der Waals surface area (Å²) in [6.07, 6.45) is 1.16. The van der Waals surface area contributed by atoms with E-state index in [1.807, 2.05) is 49.5 Å². The van der Waals surface area contributed by atoms with Gasteiger partial charge in [-0.15, -0.1) is 0 Å². The third-order valence-corrected chi connectivity index (χ3v) is 7.38. The number of nitrogens with zero attached hydrogens (tertiary/aromatic N) is 2. The van der Waals surface area contributed by atoms with Crippen molar-refractivity contribution in [2.75, 3.05) is 44.3 Å². The molecule has 2 heterocycles. The molecule has 10 heteroatoms. The standard InChI is InChI=1S/C33H35N5O5/c1-37-15-17-38(18-16-37)32(40)29(36-33(41)43-22-24-6-3-2-4-7-24)20-23-9-11-25(12-10-23)31(39)35-28-21-26(13-14-27(28)34)30-8-5-19-42-30/h2-14,19,21,29H,15-18,20,22,34H2,1H3,(H,35,39)(H,36,41)/t29-/m0/s1. The second kappa shape index (κ2) is 13.7. The quantitative estimate of drug-likeness (QED) is 0.250. The van der Waals surface area contributed by atoms with Crippen LogP contribution in [0.5, 0.6) is 0 Å². The molecule has 1 aromatic heterocycles. The Morgan fingerprint density at radius 2 is 1.65 bits per heavy atom. The second-order valence-corrected chi connectivity index (χ2v) is 10.5. The van der Waals surface area contributed by atoms with Gasteiger partial charge in [0.1, 0.15) is 18.4 Å². The molecule has 1 atom stereocenters. The number of nitrogen functional groups attached to an aromatic ring is 1. The number of likely N-dealkylation sites (N-methyl/N-ethyl adjacent to an activating group) is 1. The number of nitrogens with one attached hydrogen (secondary N) is 2. The van der Waals surface area contributed by atoms with Gasteiger partial charge in [-0.2, -0.15) is 0 Å². The van der Waals surface area contributed by atoms with Crippen molar-refractivity contribution in [3.05, 3.63) is 108 Å². The van der Waals surface area contributed by atoms with E-state index >= 15 is 0 Å². The second-order valence-electron chi connectivity index (χ2n) is 10.5. The van der Waals surface area contributed by atoms with Crippen LogP contribution in [0.2, 0.25) is 0 Å². The first kappa shape index (κ1) is 29.4. The topological polar surface area (TPSA) is 130 Å². The molecule has 43 heavy (non-hydrogen) atoms. The number of alkyl carbamates (subject to hydrolysis) is 1. The van der Waals surface area contributed by atoms with Crippen LogP contribution in [0.1, 0.15) is 21.5 Å². The number of furan rings is 1. The third-order valence-electron chi connectivity index (χ3n) is 7.38. The fourth-order valence-corrected chi connectivity index (χ4v) is 4.84. The summed E-state index contributed by atoms with van der Waals surface area (Å²) in [5.74, 6) is 0.166. The summed E-state index contributed by atoms with van der Waals surface area (Å²) in [4.78, 5) is 43.2. The van der Waals surface area contributed by atoms with Crippen molar-refractivity contribution in [2.24, 2.45) is 0 Å². The number of benzene rings is 3. The van der Waals surface area contributed by atoms with E-state index in [1.54, 1.807) is 53.6 Å². The van der Waals surface area contributed by atoms with Crippen molar-refractivity contribution in [3.8, 4) is 11.3 Å². The minimum atomic E-state index is -0.824. The number of piperazine rings is 1. The average molecular weight is 582 g/mol. The zero-order valence-corrected chi connectivity index (χ0v) is 24.0. The lowest BCUT2D eigenvalue weighted by molar-refractivity contribution is -0.134. The van der Waals surface area contributed by atoms with Crippen LogP contribution in [0.15, 0.2) is 95.6 Å². The van der Waals surface area contributed by atoms with Gasteiger partial charge in [-0.05, 0) is 60.6 Å². The number of ether oxygens (including phenoxy) is 1. The van der Waals surface area contributed by atoms with Crippen LogP contribution in [0.4, 0.5) is 16.2 Å². The minimum Gasteiger partial charge on any atom is -0.464 e. The van der Waals surface area contributed by atoms with Gasteiger partial charge in [0.05, 0.1) is 17.6 Å². The molecule has 0 saturated carbocycles. The molecule has 0 bridgehead atoms. The number of hydrogen-bond acceptors (Lipinski definition) is 7. The van der Waals surface area contributed by atoms with Crippen LogP contribution in [0.3, 0.4) is 0 Å². The van der Waals surface area contributed by atoms with Gasteiger partial charge >= 0.3 is 6.09 Å². The molecule has 1 aliphatic rings. The maximum Gasteiger partial charge on any atom is 0.408 e. The molecular formula is C33H35N5O5. The van der Waals surface area contributed by atoms with E-state index in [1.165, 1.54) is 0 Å². The highest BCUT2D eigenvalue weighted by Gasteiger charge is 2.29. The average Bonchev–Trinajstić information content (AvgIpc) is 3.57. The zero-order chi connectivity index (χ0) is 30.2. The minimum absolute atomic E-state index is 0.0981. The predicted molar refractivity (Wildman–Crippen MR) is 164 cm³/mol. The predicted octanol–water partition coefficient (Wildman–Crippen LogP) is 4.39. The number of amides is 3. The van der Waals surface area contributed by atoms with E-state index in [2.05, 4.69) is 15.5 Å². The maximum absolute atomic E-state index is 13.5. The van der Waals surface area contributed by atoms with E-state index in [-0.39, 0.29) is 24.8 Å². The monoisotopic (exact) mass is 581 g/mol. The zero-order valence-electron chi connectivity index (χ0n) is 24.0. The summed E-state index contributed by atoms with van der Waals surface area (Å²) in [7, 11) is 2.01. The number of anilines is 2. The Hall–Kier alpha value is -5.09. The number of carbonyl (C=O) groups is 3. The molecule has 1 fully saturated rings. The number of carbonyl (C=O) groups excluding carboxylic acids is 3. The van der Waals surface area contributed by atoms with E-state index in [0.29, 0.717) is 35.8 Å². The summed E-state index contributed by atoms with van der Waals surface area (Å²) >= 11 is 0. The largest absolute Gasteiger partial charge is 0.464 e. The van der Waals surface area contributed by atoms with Crippen molar-refractivity contribution >= 4 is 29.3 Å². The Kier molecular flexibility index (Phi) is 9.38. The molecule has 3 amide bonds. The Morgan fingerprint density at radius 1 is 0.907 bits per heavy atom. The SMILES string of the molecule is CN1CCN(C(=O)[C@H](Cc2ccc(C(=O)Nc3cc(-c4ccco4)ccc3N)cc2)NC(=O)OCc2ccccc2)CC1. The first-order valence-corrected chi connectivity index (χ1v) is 14.1. The lowest BCUT2D eigenvalue weighted by Crippen LogP contribution is -2.55. The van der Waals surface area contributed by atoms with Gasteiger partial charge in [0.2, 0.25) is 5.91 Å². The van der Waals surface area contributed by atoms with Gasteiger partial charge in [-0.1, -0.05) is 42.5 Å². The van der Waals surface area contributed by atoms with Crippen LogP contribution >= 0.6 is 0 Å². The molecule has 1 aliphatic heterocycles. The van der Waals surface area contributed by atoms with Gasteiger partial charge in [0.25, 0.3) is 5.91 Å². The number of nitrogens with two attached hydrogens (primary N) is 1. The summed E-state index contributed by atoms with van der Waals surface area (Å²) in [6.45, 7) is 2.78. The maximum atomic E-state index is 13.5. The number of hydrogen-bond donors (Lipinski definition) is 3. The molecule has 4 aromatic rings. The molecule has 0 radical (unpaired) electrons. The molecule has 4 N–H and O–H groups in total. The molecular weight excluding hydrogens is 546 g/mol. The van der Waals surface area contributed by atoms with Crippen molar-refractivity contribution in [1.82, 2.24) is 15.1 Å². The highest BCUT2D eigenvalue weighted by atomic mass is 16.5. The van der Waals surface area contributed by atoms with Crippen LogP contribution in [0, 0.1) is 0 Å². The molecule has 222 valence electrons. The first-order valence-electron chi connectivity index (χ1n) is 14.1. The lowest BCUT2D eigenvalue weighted by atomic mass is 10.0. The van der Waals surface area contributed by atoms with E-state index in [9.17, 15) is 14.4 Å². The molecule has 0 unspecified atom stereocenters. The molecule has 0 aliphatic carbocycles. The Balaban J connectivity index is 1.25. The van der Waals surface area contributed by atoms with E-state index < -0.39 is 12.1 Å². The highest BCUT2D eigenvalue weighted by molar-refractivity contribution is 6.06. The summed E-state index contributed by atoms with van der Waals surface area (Å²) in [5, 5.41) is 5.63. The number of rotatable bonds is 9. The van der Waals surface area contributed by atoms with Crippen molar-refractivity contribution < 1.29 is 23.5 Å². The van der Waals surface area contributed by atoms with E-state index in [0.717, 1.165) is 29.8 Å². The molecule has 10 nitrogen and oxygen atoms in total. The van der Waals surface area contributed by atoms with Gasteiger partial charge in [0, 0.05) is 43.7 Å². The van der Waals surface area contributed by atoms with Gasteiger partial charge in [-0.3, -0.25) is 9.59 Å². The molecule has 1 saturated heterocycles. The fourth-order valence-electron chi connectivity index (χ4n) is 4.84. The normalized spacial score (nSPS) is 14.1. The fraction of sp³-hybridized carbons (Fsp3) is 0.242. The molecule has 5 rings (SSSR count). The summed E-state index contributed by atoms with van der Waals surface area (Å²) in [5.41, 5.74) is 9.85. The Labute approximate surface area is 250 Å². The van der Waals surface area contributed by atoms with Gasteiger partial charge in [0.15, 0.2) is 0 Å². The summed E-state index contributed by atoms with van der Waals surface area (Å²) < 4.78 is 10.9. The summed E-state index contributed by atoms with van der Waals surface area (Å²) in [6, 6.07) is 24.4. The van der Waals surface area contributed by atoms with Gasteiger partial charge < -0.3 is 35.3 Å². The molecule has 3 aromatic carbocycles. The Morgan fingerprint density at radius 3 is 2.35 bits per heavy atom. The van der Waals surface area contributed by atoms with Gasteiger partial charge in [-0.25, -0.2) is 4.79 Å². The lowest BCUT2D eigenvalue weighted by Gasteiger charge is -2.34. The smallest absolute Gasteiger partial charge is 0.408 e. The highest BCUT2D eigenvalue weighted by Crippen LogP contribution is 2.28. The van der Waals surface area contributed by atoms with Crippen LogP contribution in [0.25, 0.3) is 11.3 Å². The van der Waals surface area contributed by atoms with Crippen LogP contribution in [-0.4, -0.2) is 67.0 Å². The van der Waals surface area contributed by atoms with Crippen LogP contribution in [-0.2, 0) is 22.6 Å². The van der Waals surface area contributed by atoms with Crippen LogP contribution < -0.4 is 16.4 Å². The Bertz CT molecular complexity index is 1530. The van der Waals surface area contributed by atoms with E-state index in [4.69, 9.17) is 14.9 Å². The van der Waals surface area contributed by atoms with Crippen molar-refractivity contribution in [3.63, 3.8) is 0 Å². The molecule has 0 spiro atoms. The first-order chi connectivity index (χ1) is 20.9.